The zero-order chi connectivity index (χ0) is 22.5. The Morgan fingerprint density at radius 1 is 1.06 bits per heavy atom. The lowest BCUT2D eigenvalue weighted by atomic mass is 9.82. The number of allylic oxidation sites excluding steroid dienone is 1. The van der Waals surface area contributed by atoms with Gasteiger partial charge in [0, 0.05) is 17.2 Å². The van der Waals surface area contributed by atoms with Gasteiger partial charge in [0.15, 0.2) is 5.78 Å². The summed E-state index contributed by atoms with van der Waals surface area (Å²) in [6, 6.07) is 5.79. The summed E-state index contributed by atoms with van der Waals surface area (Å²) in [5.41, 5.74) is 1.84. The molecule has 0 amide bonds. The van der Waals surface area contributed by atoms with Crippen molar-refractivity contribution in [3.8, 4) is 17.2 Å². The Morgan fingerprint density at radius 2 is 1.68 bits per heavy atom. The molecule has 0 saturated carbocycles. The number of carbonyl (C=O) groups is 2. The van der Waals surface area contributed by atoms with E-state index >= 15 is 0 Å². The Kier molecular flexibility index (Phi) is 5.13. The van der Waals surface area contributed by atoms with Crippen LogP contribution in [0.4, 0.5) is 0 Å². The van der Waals surface area contributed by atoms with Crippen LogP contribution in [0.3, 0.4) is 0 Å². The predicted molar refractivity (Wildman–Crippen MR) is 115 cm³/mol. The van der Waals surface area contributed by atoms with Crippen molar-refractivity contribution in [2.75, 3.05) is 6.61 Å². The largest absolute Gasteiger partial charge is 0.507 e. The highest BCUT2D eigenvalue weighted by molar-refractivity contribution is 6.30. The number of fused-ring (bicyclic) bond motifs is 2. The molecule has 1 aliphatic heterocycles. The van der Waals surface area contributed by atoms with E-state index in [-0.39, 0.29) is 46.0 Å². The molecule has 1 atom stereocenters. The molecule has 31 heavy (non-hydrogen) atoms. The Bertz CT molecular complexity index is 1130. The summed E-state index contributed by atoms with van der Waals surface area (Å²) in [6.45, 7) is 8.19. The van der Waals surface area contributed by atoms with E-state index in [1.807, 2.05) is 13.0 Å². The maximum absolute atomic E-state index is 13.0. The van der Waals surface area contributed by atoms with Crippen molar-refractivity contribution in [1.82, 2.24) is 0 Å². The van der Waals surface area contributed by atoms with E-state index in [0.717, 1.165) is 12.8 Å². The summed E-state index contributed by atoms with van der Waals surface area (Å²) in [6.07, 6.45) is 4.11. The van der Waals surface area contributed by atoms with Crippen molar-refractivity contribution in [3.05, 3.63) is 63.7 Å². The third kappa shape index (κ3) is 3.95. The fourth-order valence-corrected chi connectivity index (χ4v) is 4.04. The highest BCUT2D eigenvalue weighted by Crippen LogP contribution is 2.40. The topological polar surface area (TPSA) is 96.4 Å². The van der Waals surface area contributed by atoms with Gasteiger partial charge in [-0.3, -0.25) is 9.59 Å². The molecule has 6 nitrogen and oxygen atoms in total. The molecule has 6 heteroatoms. The van der Waals surface area contributed by atoms with Gasteiger partial charge in [-0.2, -0.15) is 0 Å². The number of hydrogen-bond acceptors (Lipinski definition) is 6. The Labute approximate surface area is 181 Å². The molecule has 4 rings (SSSR count). The number of epoxide rings is 1. The molecule has 2 aromatic carbocycles. The van der Waals surface area contributed by atoms with Crippen molar-refractivity contribution in [2.24, 2.45) is 0 Å². The summed E-state index contributed by atoms with van der Waals surface area (Å²) in [5, 5.41) is 20.6. The standard InChI is InChI=1S/C25H26O6/c1-13(5-6-20-25(3,4)31-20)7-8-30-15-11-17-22(19(27)12-15)24(29)21-16(23(17)28)9-14(2)10-18(21)26/h7,9-12,20,26-27H,5-6,8H2,1-4H3/b13-7-. The SMILES string of the molecule is C/C(=C/COc1cc(O)c2c(c1)C(=O)c1cc(C)cc(O)c1C2=O)CCC1OC1(C)C. The average molecular weight is 422 g/mol. The molecule has 1 saturated heterocycles. The summed E-state index contributed by atoms with van der Waals surface area (Å²) in [7, 11) is 0. The van der Waals surface area contributed by atoms with E-state index in [1.165, 1.54) is 23.8 Å². The van der Waals surface area contributed by atoms with Gasteiger partial charge in [-0.25, -0.2) is 0 Å². The van der Waals surface area contributed by atoms with Crippen molar-refractivity contribution < 1.29 is 29.3 Å². The summed E-state index contributed by atoms with van der Waals surface area (Å²) in [5.74, 6) is -1.31. The molecule has 162 valence electrons. The highest BCUT2D eigenvalue weighted by Gasteiger charge is 2.46. The van der Waals surface area contributed by atoms with Crippen LogP contribution in [0.1, 0.15) is 71.0 Å². The molecule has 2 N–H and O–H groups in total. The average Bonchev–Trinajstić information content (AvgIpc) is 3.30. The number of benzene rings is 2. The van der Waals surface area contributed by atoms with Crippen molar-refractivity contribution in [3.63, 3.8) is 0 Å². The van der Waals surface area contributed by atoms with Crippen molar-refractivity contribution >= 4 is 11.6 Å². The van der Waals surface area contributed by atoms with Crippen LogP contribution in [0.5, 0.6) is 17.2 Å². The highest BCUT2D eigenvalue weighted by atomic mass is 16.6. The molecule has 2 aromatic rings. The molecule has 0 radical (unpaired) electrons. The zero-order valence-electron chi connectivity index (χ0n) is 18.1. The van der Waals surface area contributed by atoms with Gasteiger partial charge >= 0.3 is 0 Å². The number of hydrogen-bond donors (Lipinski definition) is 2. The van der Waals surface area contributed by atoms with Crippen LogP contribution < -0.4 is 4.74 Å². The van der Waals surface area contributed by atoms with E-state index in [9.17, 15) is 19.8 Å². The van der Waals surface area contributed by atoms with Gasteiger partial charge in [0.05, 0.1) is 22.8 Å². The Hall–Kier alpha value is -3.12. The first-order valence-corrected chi connectivity index (χ1v) is 10.3. The molecule has 1 aliphatic carbocycles. The third-order valence-electron chi connectivity index (χ3n) is 5.94. The van der Waals surface area contributed by atoms with Gasteiger partial charge in [-0.1, -0.05) is 5.57 Å². The first-order chi connectivity index (χ1) is 14.6. The predicted octanol–water partition coefficient (Wildman–Crippen LogP) is 4.46. The summed E-state index contributed by atoms with van der Waals surface area (Å²) >= 11 is 0. The quantitative estimate of drug-likeness (QED) is 0.450. The molecular weight excluding hydrogens is 396 g/mol. The first kappa shape index (κ1) is 21.1. The molecule has 0 aromatic heterocycles. The van der Waals surface area contributed by atoms with Crippen molar-refractivity contribution in [1.29, 1.82) is 0 Å². The fraction of sp³-hybridized carbons (Fsp3) is 0.360. The number of ether oxygens (including phenoxy) is 2. The van der Waals surface area contributed by atoms with Gasteiger partial charge in [0.25, 0.3) is 0 Å². The number of phenolic OH excluding ortho intramolecular Hbond substituents is 2. The minimum absolute atomic E-state index is 0.0185. The van der Waals surface area contributed by atoms with Crippen LogP contribution in [0, 0.1) is 6.92 Å². The maximum Gasteiger partial charge on any atom is 0.201 e. The Morgan fingerprint density at radius 3 is 2.32 bits per heavy atom. The fourth-order valence-electron chi connectivity index (χ4n) is 4.04. The Balaban J connectivity index is 1.51. The van der Waals surface area contributed by atoms with Crippen LogP contribution in [0.15, 0.2) is 35.9 Å². The maximum atomic E-state index is 13.0. The van der Waals surface area contributed by atoms with Crippen LogP contribution in [-0.2, 0) is 4.74 Å². The molecule has 1 fully saturated rings. The lowest BCUT2D eigenvalue weighted by Crippen LogP contribution is -2.21. The minimum Gasteiger partial charge on any atom is -0.507 e. The summed E-state index contributed by atoms with van der Waals surface area (Å²) < 4.78 is 11.3. The second-order valence-corrected chi connectivity index (χ2v) is 8.84. The number of aryl methyl sites for hydroxylation is 1. The smallest absolute Gasteiger partial charge is 0.201 e. The van der Waals surface area contributed by atoms with Gasteiger partial charge in [-0.05, 0) is 70.4 Å². The minimum atomic E-state index is -0.577. The first-order valence-electron chi connectivity index (χ1n) is 10.3. The lowest BCUT2D eigenvalue weighted by Gasteiger charge is -2.20. The summed E-state index contributed by atoms with van der Waals surface area (Å²) in [4.78, 5) is 25.9. The van der Waals surface area contributed by atoms with E-state index in [2.05, 4.69) is 13.8 Å². The molecule has 0 bridgehead atoms. The van der Waals surface area contributed by atoms with Crippen LogP contribution in [0.2, 0.25) is 0 Å². The van der Waals surface area contributed by atoms with E-state index < -0.39 is 11.6 Å². The number of rotatable bonds is 6. The van der Waals surface area contributed by atoms with E-state index in [1.54, 1.807) is 13.0 Å². The van der Waals surface area contributed by atoms with Crippen molar-refractivity contribution in [2.45, 2.75) is 52.2 Å². The third-order valence-corrected chi connectivity index (χ3v) is 5.94. The second kappa shape index (κ2) is 7.54. The van der Waals surface area contributed by atoms with Crippen LogP contribution >= 0.6 is 0 Å². The van der Waals surface area contributed by atoms with Gasteiger partial charge in [0.2, 0.25) is 5.78 Å². The van der Waals surface area contributed by atoms with Gasteiger partial charge in [-0.15, -0.1) is 0 Å². The molecule has 2 aliphatic rings. The number of ketones is 2. The van der Waals surface area contributed by atoms with Crippen LogP contribution in [0.25, 0.3) is 0 Å². The normalized spacial score (nSPS) is 19.1. The van der Waals surface area contributed by atoms with Gasteiger partial charge in [0.1, 0.15) is 23.9 Å². The van der Waals surface area contributed by atoms with E-state index in [4.69, 9.17) is 9.47 Å². The zero-order valence-corrected chi connectivity index (χ0v) is 18.1. The van der Waals surface area contributed by atoms with Gasteiger partial charge < -0.3 is 19.7 Å². The molecule has 1 unspecified atom stereocenters. The van der Waals surface area contributed by atoms with Crippen LogP contribution in [-0.4, -0.2) is 40.1 Å². The molecule has 0 spiro atoms. The number of carbonyl (C=O) groups excluding carboxylic acids is 2. The molecule has 1 heterocycles. The lowest BCUT2D eigenvalue weighted by molar-refractivity contribution is 0.0974. The number of phenols is 2. The van der Waals surface area contributed by atoms with E-state index in [0.29, 0.717) is 17.4 Å². The second-order valence-electron chi connectivity index (χ2n) is 8.84. The monoisotopic (exact) mass is 422 g/mol. The molecular formula is C25H26O6. The number of aromatic hydroxyl groups is 2.